The van der Waals surface area contributed by atoms with Crippen molar-refractivity contribution < 1.29 is 14.7 Å². The van der Waals surface area contributed by atoms with E-state index in [0.717, 1.165) is 25.7 Å². The molecule has 18 heavy (non-hydrogen) atoms. The van der Waals surface area contributed by atoms with Crippen molar-refractivity contribution in [3.63, 3.8) is 0 Å². The van der Waals surface area contributed by atoms with E-state index in [-0.39, 0.29) is 17.7 Å². The molecule has 104 valence electrons. The second-order valence-electron chi connectivity index (χ2n) is 5.52. The number of rotatable bonds is 5. The van der Waals surface area contributed by atoms with Crippen LogP contribution in [0.25, 0.3) is 0 Å². The summed E-state index contributed by atoms with van der Waals surface area (Å²) in [4.78, 5) is 23.0. The van der Waals surface area contributed by atoms with Crippen molar-refractivity contribution >= 4 is 11.9 Å². The Balaban J connectivity index is 2.48. The highest BCUT2D eigenvalue weighted by Gasteiger charge is 2.30. The number of carbonyl (C=O) groups is 2. The lowest BCUT2D eigenvalue weighted by atomic mass is 9.81. The topological polar surface area (TPSA) is 92.4 Å². The molecule has 0 spiro atoms. The molecule has 0 aliphatic heterocycles. The van der Waals surface area contributed by atoms with Crippen molar-refractivity contribution in [2.75, 3.05) is 6.54 Å². The summed E-state index contributed by atoms with van der Waals surface area (Å²) in [6, 6.07) is -0.787. The molecule has 0 unspecified atom stereocenters. The number of aliphatic carboxylic acids is 1. The minimum Gasteiger partial charge on any atom is -0.480 e. The lowest BCUT2D eigenvalue weighted by molar-refractivity contribution is -0.144. The van der Waals surface area contributed by atoms with Crippen molar-refractivity contribution in [1.29, 1.82) is 0 Å². The maximum Gasteiger partial charge on any atom is 0.326 e. The van der Waals surface area contributed by atoms with E-state index >= 15 is 0 Å². The zero-order valence-electron chi connectivity index (χ0n) is 11.2. The Morgan fingerprint density at radius 3 is 2.22 bits per heavy atom. The van der Waals surface area contributed by atoms with E-state index in [4.69, 9.17) is 10.8 Å². The summed E-state index contributed by atoms with van der Waals surface area (Å²) in [6.07, 6.45) is 3.57. The van der Waals surface area contributed by atoms with Gasteiger partial charge in [0.1, 0.15) is 6.04 Å². The number of hydrogen-bond donors (Lipinski definition) is 3. The molecule has 4 N–H and O–H groups in total. The van der Waals surface area contributed by atoms with Crippen molar-refractivity contribution in [3.05, 3.63) is 0 Å². The number of amides is 1. The van der Waals surface area contributed by atoms with Gasteiger partial charge in [-0.05, 0) is 44.1 Å². The number of carbonyl (C=O) groups excluding carboxylic acids is 1. The molecule has 1 amide bonds. The summed E-state index contributed by atoms with van der Waals surface area (Å²) in [7, 11) is 0. The van der Waals surface area contributed by atoms with E-state index in [1.165, 1.54) is 0 Å². The Morgan fingerprint density at radius 1 is 1.28 bits per heavy atom. The first-order chi connectivity index (χ1) is 8.45. The third-order valence-corrected chi connectivity index (χ3v) is 3.78. The first-order valence-corrected chi connectivity index (χ1v) is 6.69. The molecule has 0 bridgehead atoms. The highest BCUT2D eigenvalue weighted by Crippen LogP contribution is 2.28. The van der Waals surface area contributed by atoms with Crippen LogP contribution in [0.5, 0.6) is 0 Å². The largest absolute Gasteiger partial charge is 0.480 e. The van der Waals surface area contributed by atoms with Crippen LogP contribution in [-0.4, -0.2) is 29.6 Å². The Bertz CT molecular complexity index is 297. The van der Waals surface area contributed by atoms with Crippen LogP contribution in [-0.2, 0) is 9.59 Å². The smallest absolute Gasteiger partial charge is 0.326 e. The fourth-order valence-corrected chi connectivity index (χ4v) is 2.45. The highest BCUT2D eigenvalue weighted by atomic mass is 16.4. The van der Waals surface area contributed by atoms with Crippen molar-refractivity contribution in [1.82, 2.24) is 5.32 Å². The predicted octanol–water partition coefficient (Wildman–Crippen LogP) is 0.977. The Kier molecular flexibility index (Phi) is 5.59. The average Bonchev–Trinajstić information content (AvgIpc) is 2.35. The minimum atomic E-state index is -0.964. The van der Waals surface area contributed by atoms with E-state index in [1.807, 2.05) is 0 Å². The Hall–Kier alpha value is -1.10. The molecule has 0 aromatic carbocycles. The van der Waals surface area contributed by atoms with Gasteiger partial charge < -0.3 is 16.2 Å². The summed E-state index contributed by atoms with van der Waals surface area (Å²) in [6.45, 7) is 4.27. The molecule has 0 saturated heterocycles. The third kappa shape index (κ3) is 3.98. The van der Waals surface area contributed by atoms with Crippen molar-refractivity contribution in [3.8, 4) is 0 Å². The molecule has 1 atom stereocenters. The fourth-order valence-electron chi connectivity index (χ4n) is 2.45. The van der Waals surface area contributed by atoms with Crippen molar-refractivity contribution in [2.24, 2.45) is 23.5 Å². The van der Waals surface area contributed by atoms with Gasteiger partial charge in [0.2, 0.25) is 5.91 Å². The van der Waals surface area contributed by atoms with E-state index in [1.54, 1.807) is 13.8 Å². The molecule has 0 aromatic heterocycles. The normalized spacial score (nSPS) is 25.8. The number of carboxylic acids is 1. The Morgan fingerprint density at radius 2 is 1.83 bits per heavy atom. The van der Waals surface area contributed by atoms with Gasteiger partial charge >= 0.3 is 5.97 Å². The van der Waals surface area contributed by atoms with Crippen LogP contribution in [0.4, 0.5) is 0 Å². The van der Waals surface area contributed by atoms with E-state index in [2.05, 4.69) is 5.32 Å². The van der Waals surface area contributed by atoms with Gasteiger partial charge in [-0.25, -0.2) is 4.79 Å². The maximum absolute atomic E-state index is 12.0. The van der Waals surface area contributed by atoms with Gasteiger partial charge in [-0.2, -0.15) is 0 Å². The number of carboxylic acid groups (broad SMARTS) is 1. The highest BCUT2D eigenvalue weighted by molar-refractivity contribution is 5.85. The standard InChI is InChI=1S/C13H24N2O3/c1-8(2)11(13(17)18)15-12(16)10-5-3-9(7-14)4-6-10/h8-11H,3-7,14H2,1-2H3,(H,15,16)(H,17,18)/t9?,10?,11-/m1/s1. The third-order valence-electron chi connectivity index (χ3n) is 3.78. The maximum atomic E-state index is 12.0. The zero-order chi connectivity index (χ0) is 13.7. The van der Waals surface area contributed by atoms with Crippen LogP contribution < -0.4 is 11.1 Å². The molecular weight excluding hydrogens is 232 g/mol. The number of hydrogen-bond acceptors (Lipinski definition) is 3. The van der Waals surface area contributed by atoms with Crippen LogP contribution in [0.2, 0.25) is 0 Å². The van der Waals surface area contributed by atoms with Crippen LogP contribution in [0.3, 0.4) is 0 Å². The SMILES string of the molecule is CC(C)[C@@H](NC(=O)C1CCC(CN)CC1)C(=O)O. The molecular formula is C13H24N2O3. The average molecular weight is 256 g/mol. The number of nitrogens with one attached hydrogen (secondary N) is 1. The van der Waals surface area contributed by atoms with Gasteiger partial charge in [0.25, 0.3) is 0 Å². The fraction of sp³-hybridized carbons (Fsp3) is 0.846. The van der Waals surface area contributed by atoms with Gasteiger partial charge in [-0.1, -0.05) is 13.8 Å². The minimum absolute atomic E-state index is 0.0478. The van der Waals surface area contributed by atoms with Gasteiger partial charge in [0.15, 0.2) is 0 Å². The van der Waals surface area contributed by atoms with Gasteiger partial charge in [-0.15, -0.1) is 0 Å². The predicted molar refractivity (Wildman–Crippen MR) is 68.9 cm³/mol. The van der Waals surface area contributed by atoms with Gasteiger partial charge in [0.05, 0.1) is 0 Å². The summed E-state index contributed by atoms with van der Waals surface area (Å²) in [5.74, 6) is -0.713. The lowest BCUT2D eigenvalue weighted by Crippen LogP contribution is -2.47. The van der Waals surface area contributed by atoms with E-state index in [9.17, 15) is 9.59 Å². The molecule has 1 rings (SSSR count). The molecule has 1 saturated carbocycles. The van der Waals surface area contributed by atoms with Gasteiger partial charge in [0, 0.05) is 5.92 Å². The molecule has 0 heterocycles. The van der Waals surface area contributed by atoms with E-state index < -0.39 is 12.0 Å². The van der Waals surface area contributed by atoms with Crippen LogP contribution in [0.15, 0.2) is 0 Å². The first-order valence-electron chi connectivity index (χ1n) is 6.69. The molecule has 5 heteroatoms. The lowest BCUT2D eigenvalue weighted by Gasteiger charge is -2.28. The molecule has 1 fully saturated rings. The molecule has 0 radical (unpaired) electrons. The monoisotopic (exact) mass is 256 g/mol. The molecule has 1 aliphatic rings. The molecule has 1 aliphatic carbocycles. The van der Waals surface area contributed by atoms with Gasteiger partial charge in [-0.3, -0.25) is 4.79 Å². The second kappa shape index (κ2) is 6.73. The summed E-state index contributed by atoms with van der Waals surface area (Å²) in [5.41, 5.74) is 5.61. The number of nitrogens with two attached hydrogens (primary N) is 1. The van der Waals surface area contributed by atoms with Crippen LogP contribution >= 0.6 is 0 Å². The molecule has 5 nitrogen and oxygen atoms in total. The summed E-state index contributed by atoms with van der Waals surface area (Å²) >= 11 is 0. The molecule has 0 aromatic rings. The van der Waals surface area contributed by atoms with Crippen molar-refractivity contribution in [2.45, 2.75) is 45.6 Å². The van der Waals surface area contributed by atoms with E-state index in [0.29, 0.717) is 12.5 Å². The zero-order valence-corrected chi connectivity index (χ0v) is 11.2. The first kappa shape index (κ1) is 15.0. The summed E-state index contributed by atoms with van der Waals surface area (Å²) in [5, 5.41) is 11.7. The second-order valence-corrected chi connectivity index (χ2v) is 5.52. The quantitative estimate of drug-likeness (QED) is 0.683. The summed E-state index contributed by atoms with van der Waals surface area (Å²) < 4.78 is 0. The van der Waals surface area contributed by atoms with Crippen LogP contribution in [0.1, 0.15) is 39.5 Å². The van der Waals surface area contributed by atoms with Crippen LogP contribution in [0, 0.1) is 17.8 Å². The Labute approximate surface area is 108 Å².